The van der Waals surface area contributed by atoms with Gasteiger partial charge >= 0.3 is 0 Å². The van der Waals surface area contributed by atoms with Crippen LogP contribution in [0.15, 0.2) is 38.6 Å². The van der Waals surface area contributed by atoms with Crippen molar-refractivity contribution in [3.05, 3.63) is 49.0 Å². The van der Waals surface area contributed by atoms with Gasteiger partial charge in [0.1, 0.15) is 5.75 Å². The average Bonchev–Trinajstić information content (AvgIpc) is 2.69. The maximum absolute atomic E-state index is 5.20. The summed E-state index contributed by atoms with van der Waals surface area (Å²) in [5, 5.41) is 3.42. The first-order valence-corrected chi connectivity index (χ1v) is 7.86. The summed E-state index contributed by atoms with van der Waals surface area (Å²) in [7, 11) is 1.69. The van der Waals surface area contributed by atoms with E-state index < -0.39 is 0 Å². The molecule has 18 heavy (non-hydrogen) atoms. The van der Waals surface area contributed by atoms with Crippen molar-refractivity contribution in [2.45, 2.75) is 13.1 Å². The summed E-state index contributed by atoms with van der Waals surface area (Å²) in [5.41, 5.74) is 1.23. The molecule has 2 aromatic rings. The molecule has 0 bridgehead atoms. The second-order valence-corrected chi connectivity index (χ2v) is 7.10. The van der Waals surface area contributed by atoms with Crippen molar-refractivity contribution in [1.29, 1.82) is 0 Å². The quantitative estimate of drug-likeness (QED) is 0.807. The Bertz CT molecular complexity index is 508. The number of methoxy groups -OCH3 is 1. The molecule has 1 heterocycles. The third-order valence-corrected chi connectivity index (χ3v) is 5.71. The molecule has 0 radical (unpaired) electrons. The zero-order valence-electron chi connectivity index (χ0n) is 9.87. The van der Waals surface area contributed by atoms with Gasteiger partial charge in [-0.05, 0) is 55.6 Å². The normalized spacial score (nSPS) is 10.6. The van der Waals surface area contributed by atoms with Gasteiger partial charge in [0.25, 0.3) is 0 Å². The number of ether oxygens (including phenoxy) is 1. The highest BCUT2D eigenvalue weighted by molar-refractivity contribution is 9.13. The van der Waals surface area contributed by atoms with Crippen LogP contribution in [0.25, 0.3) is 0 Å². The Morgan fingerprint density at radius 3 is 2.72 bits per heavy atom. The van der Waals surface area contributed by atoms with Gasteiger partial charge in [0.15, 0.2) is 0 Å². The lowest BCUT2D eigenvalue weighted by Crippen LogP contribution is -2.11. The van der Waals surface area contributed by atoms with Crippen molar-refractivity contribution >= 4 is 43.2 Å². The van der Waals surface area contributed by atoms with Crippen molar-refractivity contribution in [2.75, 3.05) is 7.11 Å². The van der Waals surface area contributed by atoms with Gasteiger partial charge in [-0.3, -0.25) is 0 Å². The molecule has 0 unspecified atom stereocenters. The fraction of sp³-hybridized carbons (Fsp3) is 0.231. The van der Waals surface area contributed by atoms with Gasteiger partial charge in [0.2, 0.25) is 0 Å². The molecule has 0 saturated carbocycles. The van der Waals surface area contributed by atoms with E-state index in [2.05, 4.69) is 49.3 Å². The minimum atomic E-state index is 0.838. The Kier molecular flexibility index (Phi) is 5.24. The van der Waals surface area contributed by atoms with E-state index in [1.54, 1.807) is 18.4 Å². The lowest BCUT2D eigenvalue weighted by molar-refractivity contribution is 0.414. The molecule has 0 saturated heterocycles. The van der Waals surface area contributed by atoms with Gasteiger partial charge in [0, 0.05) is 22.4 Å². The summed E-state index contributed by atoms with van der Waals surface area (Å²) in [6, 6.07) is 10.2. The van der Waals surface area contributed by atoms with Crippen LogP contribution < -0.4 is 10.1 Å². The van der Waals surface area contributed by atoms with Gasteiger partial charge in [-0.25, -0.2) is 0 Å². The molecule has 1 aromatic heterocycles. The Labute approximate surface area is 128 Å². The van der Waals surface area contributed by atoms with Gasteiger partial charge in [-0.2, -0.15) is 0 Å². The number of rotatable bonds is 5. The lowest BCUT2D eigenvalue weighted by atomic mass is 10.2. The smallest absolute Gasteiger partial charge is 0.119 e. The minimum absolute atomic E-state index is 0.838. The Morgan fingerprint density at radius 2 is 2.06 bits per heavy atom. The number of hydrogen-bond acceptors (Lipinski definition) is 3. The van der Waals surface area contributed by atoms with Crippen LogP contribution in [0.5, 0.6) is 5.75 Å². The van der Waals surface area contributed by atoms with Crippen LogP contribution in [0.3, 0.4) is 0 Å². The van der Waals surface area contributed by atoms with Crippen LogP contribution in [0.4, 0.5) is 0 Å². The lowest BCUT2D eigenvalue weighted by Gasteiger charge is -2.05. The Hall–Kier alpha value is -0.360. The maximum Gasteiger partial charge on any atom is 0.119 e. The van der Waals surface area contributed by atoms with E-state index in [4.69, 9.17) is 4.74 Å². The predicted molar refractivity (Wildman–Crippen MR) is 83.3 cm³/mol. The number of benzene rings is 1. The topological polar surface area (TPSA) is 21.3 Å². The fourth-order valence-corrected chi connectivity index (χ4v) is 3.74. The summed E-state index contributed by atoms with van der Waals surface area (Å²) in [6.45, 7) is 1.70. The first-order valence-electron chi connectivity index (χ1n) is 5.46. The van der Waals surface area contributed by atoms with Gasteiger partial charge < -0.3 is 10.1 Å². The second kappa shape index (κ2) is 6.70. The summed E-state index contributed by atoms with van der Waals surface area (Å²) in [5.74, 6) is 0.899. The van der Waals surface area contributed by atoms with Crippen molar-refractivity contribution in [3.63, 3.8) is 0 Å². The monoisotopic (exact) mass is 389 g/mol. The molecule has 0 spiro atoms. The van der Waals surface area contributed by atoms with Crippen LogP contribution in [-0.2, 0) is 13.1 Å². The van der Waals surface area contributed by atoms with Crippen LogP contribution >= 0.6 is 43.2 Å². The van der Waals surface area contributed by atoms with E-state index in [0.717, 1.165) is 27.1 Å². The zero-order valence-corrected chi connectivity index (χ0v) is 13.9. The van der Waals surface area contributed by atoms with E-state index in [-0.39, 0.29) is 0 Å². The highest BCUT2D eigenvalue weighted by atomic mass is 79.9. The molecule has 1 N–H and O–H groups in total. The van der Waals surface area contributed by atoms with Crippen LogP contribution in [0.1, 0.15) is 10.4 Å². The van der Waals surface area contributed by atoms with E-state index in [0.29, 0.717) is 0 Å². The molecule has 0 aliphatic heterocycles. The summed E-state index contributed by atoms with van der Waals surface area (Å²) in [4.78, 5) is 1.30. The fourth-order valence-electron chi connectivity index (χ4n) is 1.59. The number of hydrogen-bond donors (Lipinski definition) is 1. The molecule has 2 nitrogen and oxygen atoms in total. The largest absolute Gasteiger partial charge is 0.497 e. The van der Waals surface area contributed by atoms with E-state index in [9.17, 15) is 0 Å². The molecule has 5 heteroatoms. The van der Waals surface area contributed by atoms with Crippen molar-refractivity contribution in [3.8, 4) is 5.75 Å². The predicted octanol–water partition coefficient (Wildman–Crippen LogP) is 4.57. The molecule has 0 fully saturated rings. The molecule has 96 valence electrons. The molecule has 0 atom stereocenters. The third-order valence-electron chi connectivity index (χ3n) is 2.46. The number of thiophene rings is 1. The molecular formula is C13H13Br2NOS. The summed E-state index contributed by atoms with van der Waals surface area (Å²) in [6.07, 6.45) is 0. The molecular weight excluding hydrogens is 378 g/mol. The van der Waals surface area contributed by atoms with E-state index in [1.807, 2.05) is 18.2 Å². The summed E-state index contributed by atoms with van der Waals surface area (Å²) >= 11 is 8.73. The standard InChI is InChI=1S/C13H13Br2NOS/c1-17-10-4-2-3-9(5-10)7-16-8-11-6-12(14)13(15)18-11/h2-6,16H,7-8H2,1H3. The van der Waals surface area contributed by atoms with Crippen LogP contribution in [0, 0.1) is 0 Å². The highest BCUT2D eigenvalue weighted by Crippen LogP contribution is 2.32. The first kappa shape index (κ1) is 14.1. The van der Waals surface area contributed by atoms with Crippen molar-refractivity contribution in [1.82, 2.24) is 5.32 Å². The van der Waals surface area contributed by atoms with E-state index in [1.165, 1.54) is 10.4 Å². The number of nitrogens with one attached hydrogen (secondary N) is 1. The molecule has 0 amide bonds. The molecule has 2 rings (SSSR count). The SMILES string of the molecule is COc1cccc(CNCc2cc(Br)c(Br)s2)c1. The van der Waals surface area contributed by atoms with Gasteiger partial charge in [-0.1, -0.05) is 12.1 Å². The molecule has 0 aliphatic rings. The Morgan fingerprint density at radius 1 is 1.22 bits per heavy atom. The zero-order chi connectivity index (χ0) is 13.0. The minimum Gasteiger partial charge on any atom is -0.497 e. The number of halogens is 2. The second-order valence-electron chi connectivity index (χ2n) is 3.79. The van der Waals surface area contributed by atoms with Gasteiger partial charge in [-0.15, -0.1) is 11.3 Å². The first-order chi connectivity index (χ1) is 8.69. The van der Waals surface area contributed by atoms with Crippen LogP contribution in [0.2, 0.25) is 0 Å². The Balaban J connectivity index is 1.88. The molecule has 0 aliphatic carbocycles. The third kappa shape index (κ3) is 3.82. The van der Waals surface area contributed by atoms with Crippen LogP contribution in [-0.4, -0.2) is 7.11 Å². The van der Waals surface area contributed by atoms with Gasteiger partial charge in [0.05, 0.1) is 10.9 Å². The summed E-state index contributed by atoms with van der Waals surface area (Å²) < 4.78 is 7.46. The average molecular weight is 391 g/mol. The molecule has 1 aromatic carbocycles. The van der Waals surface area contributed by atoms with Crippen molar-refractivity contribution < 1.29 is 4.74 Å². The maximum atomic E-state index is 5.20. The van der Waals surface area contributed by atoms with Crippen molar-refractivity contribution in [2.24, 2.45) is 0 Å². The van der Waals surface area contributed by atoms with E-state index >= 15 is 0 Å². The highest BCUT2D eigenvalue weighted by Gasteiger charge is 2.03.